The summed E-state index contributed by atoms with van der Waals surface area (Å²) in [5.74, 6) is -0.526. The van der Waals surface area contributed by atoms with Gasteiger partial charge in [0.05, 0.1) is 0 Å². The van der Waals surface area contributed by atoms with E-state index in [0.29, 0.717) is 5.56 Å². The third kappa shape index (κ3) is 2.53. The second-order valence-electron chi connectivity index (χ2n) is 3.82. The summed E-state index contributed by atoms with van der Waals surface area (Å²) in [5.41, 5.74) is 1.91. The second kappa shape index (κ2) is 4.94. The summed E-state index contributed by atoms with van der Waals surface area (Å²) in [6.45, 7) is 1.93. The Labute approximate surface area is 107 Å². The second-order valence-corrected chi connectivity index (χ2v) is 4.57. The molecule has 88 valence electrons. The van der Waals surface area contributed by atoms with Crippen LogP contribution in [0.25, 0.3) is 0 Å². The van der Waals surface area contributed by atoms with Gasteiger partial charge in [0.2, 0.25) is 0 Å². The highest BCUT2D eigenvalue weighted by atomic mass is 79.9. The Morgan fingerprint density at radius 2 is 2.12 bits per heavy atom. The van der Waals surface area contributed by atoms with Crippen molar-refractivity contribution in [2.75, 3.05) is 0 Å². The first-order valence-electron chi connectivity index (χ1n) is 5.14. The maximum atomic E-state index is 13.8. The summed E-state index contributed by atoms with van der Waals surface area (Å²) in [5, 5.41) is 10.1. The zero-order valence-electron chi connectivity index (χ0n) is 9.19. The largest absolute Gasteiger partial charge is 0.384 e. The van der Waals surface area contributed by atoms with Gasteiger partial charge in [0.25, 0.3) is 0 Å². The lowest BCUT2D eigenvalue weighted by atomic mass is 10.0. The first kappa shape index (κ1) is 12.2. The van der Waals surface area contributed by atoms with Crippen molar-refractivity contribution in [3.8, 4) is 0 Å². The molecule has 1 aromatic heterocycles. The first-order valence-corrected chi connectivity index (χ1v) is 5.93. The molecule has 1 heterocycles. The number of hydrogen-bond donors (Lipinski definition) is 1. The minimum atomic E-state index is -0.978. The SMILES string of the molecule is Cc1cccc(C(O)c2ccnc(Br)c2F)c1. The Hall–Kier alpha value is -1.26. The molecular formula is C13H11BrFNO. The number of aryl methyl sites for hydroxylation is 1. The quantitative estimate of drug-likeness (QED) is 0.862. The molecule has 0 saturated heterocycles. The zero-order chi connectivity index (χ0) is 12.4. The molecule has 1 aromatic carbocycles. The van der Waals surface area contributed by atoms with E-state index in [1.807, 2.05) is 25.1 Å². The van der Waals surface area contributed by atoms with E-state index in [1.165, 1.54) is 12.3 Å². The molecule has 2 rings (SSSR count). The summed E-state index contributed by atoms with van der Waals surface area (Å²) in [4.78, 5) is 3.76. The topological polar surface area (TPSA) is 33.1 Å². The molecular weight excluding hydrogens is 285 g/mol. The normalized spacial score (nSPS) is 12.5. The monoisotopic (exact) mass is 295 g/mol. The van der Waals surface area contributed by atoms with Crippen molar-refractivity contribution in [3.63, 3.8) is 0 Å². The van der Waals surface area contributed by atoms with Crippen LogP contribution >= 0.6 is 15.9 Å². The highest BCUT2D eigenvalue weighted by Crippen LogP contribution is 2.27. The Bertz CT molecular complexity index is 545. The van der Waals surface area contributed by atoms with E-state index in [2.05, 4.69) is 20.9 Å². The Kier molecular flexibility index (Phi) is 3.54. The number of nitrogens with zero attached hydrogens (tertiary/aromatic N) is 1. The smallest absolute Gasteiger partial charge is 0.162 e. The van der Waals surface area contributed by atoms with Gasteiger partial charge in [-0.25, -0.2) is 9.37 Å². The fourth-order valence-electron chi connectivity index (χ4n) is 1.66. The van der Waals surface area contributed by atoms with Crippen LogP contribution in [-0.2, 0) is 0 Å². The van der Waals surface area contributed by atoms with Gasteiger partial charge in [-0.05, 0) is 34.5 Å². The minimum absolute atomic E-state index is 0.113. The number of hydrogen-bond acceptors (Lipinski definition) is 2. The Morgan fingerprint density at radius 3 is 2.82 bits per heavy atom. The van der Waals surface area contributed by atoms with Gasteiger partial charge < -0.3 is 5.11 Å². The molecule has 0 fully saturated rings. The number of benzene rings is 1. The van der Waals surface area contributed by atoms with Crippen LogP contribution < -0.4 is 0 Å². The Morgan fingerprint density at radius 1 is 1.35 bits per heavy atom. The molecule has 0 bridgehead atoms. The van der Waals surface area contributed by atoms with Crippen LogP contribution in [0.2, 0.25) is 0 Å². The van der Waals surface area contributed by atoms with Crippen molar-refractivity contribution in [3.05, 3.63) is 63.6 Å². The lowest BCUT2D eigenvalue weighted by molar-refractivity contribution is 0.214. The van der Waals surface area contributed by atoms with Gasteiger partial charge in [0, 0.05) is 11.8 Å². The van der Waals surface area contributed by atoms with E-state index in [9.17, 15) is 9.50 Å². The van der Waals surface area contributed by atoms with Crippen LogP contribution in [0, 0.1) is 12.7 Å². The number of aromatic nitrogens is 1. The van der Waals surface area contributed by atoms with Crippen molar-refractivity contribution in [2.24, 2.45) is 0 Å². The lowest BCUT2D eigenvalue weighted by Gasteiger charge is -2.13. The summed E-state index contributed by atoms with van der Waals surface area (Å²) < 4.78 is 13.9. The fraction of sp³-hybridized carbons (Fsp3) is 0.154. The summed E-state index contributed by atoms with van der Waals surface area (Å²) in [6.07, 6.45) is 0.482. The molecule has 4 heteroatoms. The van der Waals surface area contributed by atoms with Crippen molar-refractivity contribution in [2.45, 2.75) is 13.0 Å². The van der Waals surface area contributed by atoms with Gasteiger partial charge in [-0.3, -0.25) is 0 Å². The van der Waals surface area contributed by atoms with Gasteiger partial charge >= 0.3 is 0 Å². The van der Waals surface area contributed by atoms with E-state index in [-0.39, 0.29) is 10.2 Å². The van der Waals surface area contributed by atoms with E-state index in [0.717, 1.165) is 5.56 Å². The van der Waals surface area contributed by atoms with Crippen LogP contribution in [0.15, 0.2) is 41.1 Å². The number of pyridine rings is 1. The van der Waals surface area contributed by atoms with Crippen LogP contribution in [0.1, 0.15) is 22.8 Å². The number of rotatable bonds is 2. The van der Waals surface area contributed by atoms with Crippen LogP contribution in [0.5, 0.6) is 0 Å². The predicted molar refractivity (Wildman–Crippen MR) is 67.1 cm³/mol. The van der Waals surface area contributed by atoms with E-state index < -0.39 is 11.9 Å². The maximum Gasteiger partial charge on any atom is 0.162 e. The number of aliphatic hydroxyl groups excluding tert-OH is 1. The molecule has 2 aromatic rings. The molecule has 0 saturated carbocycles. The van der Waals surface area contributed by atoms with Crippen molar-refractivity contribution < 1.29 is 9.50 Å². The van der Waals surface area contributed by atoms with Gasteiger partial charge in [-0.2, -0.15) is 0 Å². The van der Waals surface area contributed by atoms with E-state index >= 15 is 0 Å². The molecule has 1 atom stereocenters. The van der Waals surface area contributed by atoms with Crippen molar-refractivity contribution >= 4 is 15.9 Å². The van der Waals surface area contributed by atoms with E-state index in [1.54, 1.807) is 6.07 Å². The molecule has 1 unspecified atom stereocenters. The van der Waals surface area contributed by atoms with Crippen molar-refractivity contribution in [1.29, 1.82) is 0 Å². The number of aliphatic hydroxyl groups is 1. The molecule has 0 radical (unpaired) electrons. The molecule has 2 nitrogen and oxygen atoms in total. The lowest BCUT2D eigenvalue weighted by Crippen LogP contribution is -2.04. The molecule has 0 amide bonds. The molecule has 0 aliphatic rings. The summed E-state index contributed by atoms with van der Waals surface area (Å²) in [7, 11) is 0. The fourth-order valence-corrected chi connectivity index (χ4v) is 2.01. The van der Waals surface area contributed by atoms with Gasteiger partial charge in [0.1, 0.15) is 10.7 Å². The third-order valence-electron chi connectivity index (χ3n) is 2.53. The van der Waals surface area contributed by atoms with E-state index in [4.69, 9.17) is 0 Å². The highest BCUT2D eigenvalue weighted by molar-refractivity contribution is 9.10. The number of halogens is 2. The maximum absolute atomic E-state index is 13.8. The highest BCUT2D eigenvalue weighted by Gasteiger charge is 2.17. The summed E-state index contributed by atoms with van der Waals surface area (Å²) in [6, 6.07) is 8.84. The summed E-state index contributed by atoms with van der Waals surface area (Å²) >= 11 is 3.00. The van der Waals surface area contributed by atoms with Gasteiger partial charge in [-0.1, -0.05) is 29.8 Å². The van der Waals surface area contributed by atoms with Crippen LogP contribution in [0.4, 0.5) is 4.39 Å². The average Bonchev–Trinajstić information content (AvgIpc) is 2.32. The van der Waals surface area contributed by atoms with Crippen LogP contribution in [-0.4, -0.2) is 10.1 Å². The Balaban J connectivity index is 2.44. The third-order valence-corrected chi connectivity index (χ3v) is 3.08. The molecule has 17 heavy (non-hydrogen) atoms. The molecule has 1 N–H and O–H groups in total. The van der Waals surface area contributed by atoms with Crippen LogP contribution in [0.3, 0.4) is 0 Å². The molecule has 0 aliphatic heterocycles. The molecule has 0 aliphatic carbocycles. The minimum Gasteiger partial charge on any atom is -0.384 e. The van der Waals surface area contributed by atoms with Gasteiger partial charge in [0.15, 0.2) is 5.82 Å². The standard InChI is InChI=1S/C13H11BrFNO/c1-8-3-2-4-9(7-8)12(17)10-5-6-16-13(14)11(10)15/h2-7,12,17H,1H3. The zero-order valence-corrected chi connectivity index (χ0v) is 10.8. The molecule has 0 spiro atoms. The average molecular weight is 296 g/mol. The predicted octanol–water partition coefficient (Wildman–Crippen LogP) is 3.37. The first-order chi connectivity index (χ1) is 8.09. The van der Waals surface area contributed by atoms with Crippen molar-refractivity contribution in [1.82, 2.24) is 4.98 Å². The van der Waals surface area contributed by atoms with Gasteiger partial charge in [-0.15, -0.1) is 0 Å².